The fraction of sp³-hybridized carbons (Fsp3) is 0.429. The molecule has 7 nitrogen and oxygen atoms in total. The molecule has 4 heterocycles. The van der Waals surface area contributed by atoms with Gasteiger partial charge in [0.05, 0.1) is 23.5 Å². The fourth-order valence-electron chi connectivity index (χ4n) is 4.53. The van der Waals surface area contributed by atoms with Gasteiger partial charge in [0.1, 0.15) is 5.82 Å². The summed E-state index contributed by atoms with van der Waals surface area (Å²) in [6, 6.07) is 3.27. The number of nitrogens with zero attached hydrogens (tertiary/aromatic N) is 5. The molecule has 1 N–H and O–H groups in total. The standard InChI is InChI=1S/C21H23FN6O/c1-12-7-13(10-24-19(12)27-5-4-6-27)25-20(29)14-9-21(2,3)18-15(14)11-23-17-8-16(22)26-28(17)18/h7-8,10-11,14H,4-6,9H2,1-3H3,(H,25,29). The zero-order valence-electron chi connectivity index (χ0n) is 16.7. The van der Waals surface area contributed by atoms with E-state index in [1.165, 1.54) is 17.0 Å². The summed E-state index contributed by atoms with van der Waals surface area (Å²) >= 11 is 0. The van der Waals surface area contributed by atoms with Crippen LogP contribution in [0, 0.1) is 12.9 Å². The molecule has 3 aromatic rings. The van der Waals surface area contributed by atoms with Crippen LogP contribution in [0.3, 0.4) is 0 Å². The lowest BCUT2D eigenvalue weighted by molar-refractivity contribution is -0.117. The van der Waals surface area contributed by atoms with E-state index in [1.54, 1.807) is 12.4 Å². The molecule has 1 amide bonds. The van der Waals surface area contributed by atoms with Crippen LogP contribution in [-0.2, 0) is 10.2 Å². The molecule has 150 valence electrons. The summed E-state index contributed by atoms with van der Waals surface area (Å²) in [5.41, 5.74) is 3.50. The number of carbonyl (C=O) groups is 1. The Hall–Kier alpha value is -3.03. The summed E-state index contributed by atoms with van der Waals surface area (Å²) < 4.78 is 15.2. The van der Waals surface area contributed by atoms with Gasteiger partial charge < -0.3 is 10.2 Å². The number of pyridine rings is 1. The molecule has 29 heavy (non-hydrogen) atoms. The predicted molar refractivity (Wildman–Crippen MR) is 108 cm³/mol. The number of anilines is 2. The number of halogens is 1. The second kappa shape index (κ2) is 6.23. The van der Waals surface area contributed by atoms with Crippen LogP contribution in [0.2, 0.25) is 0 Å². The van der Waals surface area contributed by atoms with Crippen molar-refractivity contribution in [3.8, 4) is 0 Å². The van der Waals surface area contributed by atoms with E-state index >= 15 is 0 Å². The first-order valence-corrected chi connectivity index (χ1v) is 9.90. The average molecular weight is 394 g/mol. The van der Waals surface area contributed by atoms with E-state index in [9.17, 15) is 9.18 Å². The predicted octanol–water partition coefficient (Wildman–Crippen LogP) is 3.19. The maximum absolute atomic E-state index is 13.7. The normalized spacial score (nSPS) is 19.9. The summed E-state index contributed by atoms with van der Waals surface area (Å²) in [6.07, 6.45) is 5.19. The molecular formula is C21H23FN6O. The Bertz CT molecular complexity index is 1130. The molecule has 2 aliphatic rings. The van der Waals surface area contributed by atoms with Gasteiger partial charge in [-0.2, -0.15) is 4.39 Å². The van der Waals surface area contributed by atoms with Crippen molar-refractivity contribution in [3.63, 3.8) is 0 Å². The van der Waals surface area contributed by atoms with Gasteiger partial charge in [-0.15, -0.1) is 5.10 Å². The first-order valence-electron chi connectivity index (χ1n) is 9.90. The van der Waals surface area contributed by atoms with E-state index in [-0.39, 0.29) is 17.2 Å². The first kappa shape index (κ1) is 18.0. The van der Waals surface area contributed by atoms with Crippen molar-refractivity contribution < 1.29 is 9.18 Å². The van der Waals surface area contributed by atoms with Crippen molar-refractivity contribution in [3.05, 3.63) is 47.3 Å². The number of hydrogen-bond acceptors (Lipinski definition) is 5. The van der Waals surface area contributed by atoms with Crippen molar-refractivity contribution in [1.29, 1.82) is 0 Å². The lowest BCUT2D eigenvalue weighted by Crippen LogP contribution is -2.38. The summed E-state index contributed by atoms with van der Waals surface area (Å²) in [6.45, 7) is 8.17. The van der Waals surface area contributed by atoms with Crippen LogP contribution >= 0.6 is 0 Å². The molecule has 0 aromatic carbocycles. The molecule has 0 spiro atoms. The topological polar surface area (TPSA) is 75.4 Å². The number of carbonyl (C=O) groups excluding carboxylic acids is 1. The van der Waals surface area contributed by atoms with E-state index in [1.807, 2.05) is 26.8 Å². The molecule has 1 unspecified atom stereocenters. The van der Waals surface area contributed by atoms with Crippen LogP contribution in [0.25, 0.3) is 5.65 Å². The molecule has 8 heteroatoms. The van der Waals surface area contributed by atoms with E-state index < -0.39 is 5.95 Å². The van der Waals surface area contributed by atoms with Crippen LogP contribution in [0.15, 0.2) is 24.5 Å². The maximum atomic E-state index is 13.7. The Kier molecular flexibility index (Phi) is 3.88. The van der Waals surface area contributed by atoms with Crippen LogP contribution in [0.4, 0.5) is 15.9 Å². The lowest BCUT2D eigenvalue weighted by atomic mass is 9.88. The number of fused-ring (bicyclic) bond motifs is 3. The summed E-state index contributed by atoms with van der Waals surface area (Å²) in [7, 11) is 0. The molecule has 1 saturated heterocycles. The van der Waals surface area contributed by atoms with Gasteiger partial charge >= 0.3 is 0 Å². The zero-order chi connectivity index (χ0) is 20.3. The highest BCUT2D eigenvalue weighted by Crippen LogP contribution is 2.45. The van der Waals surface area contributed by atoms with Gasteiger partial charge in [-0.25, -0.2) is 14.5 Å². The molecular weight excluding hydrogens is 371 g/mol. The summed E-state index contributed by atoms with van der Waals surface area (Å²) in [5.74, 6) is -0.0737. The Morgan fingerprint density at radius 2 is 2.03 bits per heavy atom. The van der Waals surface area contributed by atoms with Crippen LogP contribution in [-0.4, -0.2) is 38.6 Å². The molecule has 1 aliphatic carbocycles. The van der Waals surface area contributed by atoms with Gasteiger partial charge in [-0.1, -0.05) is 13.8 Å². The van der Waals surface area contributed by atoms with Gasteiger partial charge in [0.2, 0.25) is 11.9 Å². The van der Waals surface area contributed by atoms with Gasteiger partial charge in [0.25, 0.3) is 0 Å². The Labute approximate surface area is 168 Å². The minimum absolute atomic E-state index is 0.108. The van der Waals surface area contributed by atoms with Crippen LogP contribution < -0.4 is 10.2 Å². The first-order chi connectivity index (χ1) is 13.8. The largest absolute Gasteiger partial charge is 0.356 e. The zero-order valence-corrected chi connectivity index (χ0v) is 16.7. The Morgan fingerprint density at radius 3 is 2.72 bits per heavy atom. The van der Waals surface area contributed by atoms with Crippen molar-refractivity contribution >= 4 is 23.1 Å². The third-order valence-electron chi connectivity index (χ3n) is 6.00. The molecule has 1 aliphatic heterocycles. The second-order valence-electron chi connectivity index (χ2n) is 8.63. The Morgan fingerprint density at radius 1 is 1.24 bits per heavy atom. The monoisotopic (exact) mass is 394 g/mol. The second-order valence-corrected chi connectivity index (χ2v) is 8.63. The van der Waals surface area contributed by atoms with E-state index in [0.717, 1.165) is 35.7 Å². The maximum Gasteiger partial charge on any atom is 0.235 e. The van der Waals surface area contributed by atoms with Crippen molar-refractivity contribution in [2.24, 2.45) is 0 Å². The minimum atomic E-state index is -0.571. The highest BCUT2D eigenvalue weighted by Gasteiger charge is 2.43. The van der Waals surface area contributed by atoms with Crippen molar-refractivity contribution in [2.45, 2.75) is 44.9 Å². The van der Waals surface area contributed by atoms with E-state index in [4.69, 9.17) is 0 Å². The van der Waals surface area contributed by atoms with Crippen molar-refractivity contribution in [2.75, 3.05) is 23.3 Å². The molecule has 1 atom stereocenters. The highest BCUT2D eigenvalue weighted by atomic mass is 19.1. The quantitative estimate of drug-likeness (QED) is 0.738. The number of nitrogens with one attached hydrogen (secondary N) is 1. The molecule has 3 aromatic heterocycles. The Balaban J connectivity index is 1.44. The van der Waals surface area contributed by atoms with Crippen LogP contribution in [0.1, 0.15) is 49.4 Å². The van der Waals surface area contributed by atoms with Gasteiger partial charge in [0.15, 0.2) is 5.65 Å². The number of aromatic nitrogens is 4. The average Bonchev–Trinajstić information content (AvgIpc) is 3.11. The van der Waals surface area contributed by atoms with E-state index in [2.05, 4.69) is 25.3 Å². The third-order valence-corrected chi connectivity index (χ3v) is 6.00. The fourth-order valence-corrected chi connectivity index (χ4v) is 4.53. The molecule has 5 rings (SSSR count). The smallest absolute Gasteiger partial charge is 0.235 e. The number of rotatable bonds is 3. The SMILES string of the molecule is Cc1cc(NC(=O)C2CC(C)(C)c3c2cnc2cc(F)nn32)cnc1N1CCC1. The lowest BCUT2D eigenvalue weighted by Gasteiger charge is -2.33. The van der Waals surface area contributed by atoms with Gasteiger partial charge in [-0.3, -0.25) is 4.79 Å². The van der Waals surface area contributed by atoms with Gasteiger partial charge in [0, 0.05) is 36.3 Å². The van der Waals surface area contributed by atoms with Gasteiger partial charge in [-0.05, 0) is 31.4 Å². The van der Waals surface area contributed by atoms with Crippen molar-refractivity contribution in [1.82, 2.24) is 19.6 Å². The molecule has 1 fully saturated rings. The summed E-state index contributed by atoms with van der Waals surface area (Å²) in [5, 5.41) is 6.96. The number of amides is 1. The molecule has 0 bridgehead atoms. The molecule has 0 saturated carbocycles. The van der Waals surface area contributed by atoms with E-state index in [0.29, 0.717) is 17.8 Å². The summed E-state index contributed by atoms with van der Waals surface area (Å²) in [4.78, 5) is 24.2. The highest BCUT2D eigenvalue weighted by molar-refractivity contribution is 5.97. The van der Waals surface area contributed by atoms with Crippen LogP contribution in [0.5, 0.6) is 0 Å². The third kappa shape index (κ3) is 2.85. The molecule has 0 radical (unpaired) electrons. The minimum Gasteiger partial charge on any atom is -0.356 e. The number of aryl methyl sites for hydroxylation is 1. The number of hydrogen-bond donors (Lipinski definition) is 1.